The molecule has 2 aromatic heterocycles. The molecule has 0 saturated heterocycles. The Morgan fingerprint density at radius 3 is 2.61 bits per heavy atom. The average molecular weight is 273 g/mol. The lowest BCUT2D eigenvalue weighted by atomic mass is 10.0. The summed E-state index contributed by atoms with van der Waals surface area (Å²) in [4.78, 5) is 1.42. The van der Waals surface area contributed by atoms with Crippen LogP contribution in [0.5, 0.6) is 0 Å². The van der Waals surface area contributed by atoms with Gasteiger partial charge in [0.05, 0.1) is 6.04 Å². The summed E-state index contributed by atoms with van der Waals surface area (Å²) in [6.45, 7) is 2.19. The van der Waals surface area contributed by atoms with Crippen molar-refractivity contribution in [3.8, 4) is 0 Å². The van der Waals surface area contributed by atoms with Crippen LogP contribution in [-0.4, -0.2) is 7.05 Å². The van der Waals surface area contributed by atoms with E-state index < -0.39 is 0 Å². The number of nitrogens with one attached hydrogen (secondary N) is 1. The molecule has 0 amide bonds. The maximum atomic E-state index is 3.46. The summed E-state index contributed by atoms with van der Waals surface area (Å²) < 4.78 is 1.39. The maximum Gasteiger partial charge on any atom is 0.0685 e. The summed E-state index contributed by atoms with van der Waals surface area (Å²) in [7, 11) is 2.04. The second-order valence-corrected chi connectivity index (χ2v) is 6.24. The third kappa shape index (κ3) is 1.88. The molecule has 3 rings (SSSR count). The van der Waals surface area contributed by atoms with Gasteiger partial charge in [0, 0.05) is 9.58 Å². The lowest BCUT2D eigenvalue weighted by Crippen LogP contribution is -2.17. The summed E-state index contributed by atoms with van der Waals surface area (Å²) in [5.74, 6) is 0. The molecule has 3 aromatic rings. The van der Waals surface area contributed by atoms with E-state index in [0.717, 1.165) is 0 Å². The van der Waals surface area contributed by atoms with Gasteiger partial charge in [-0.1, -0.05) is 18.2 Å². The molecule has 1 N–H and O–H groups in total. The monoisotopic (exact) mass is 273 g/mol. The quantitative estimate of drug-likeness (QED) is 0.736. The highest BCUT2D eigenvalue weighted by molar-refractivity contribution is 7.17. The highest BCUT2D eigenvalue weighted by Crippen LogP contribution is 2.35. The van der Waals surface area contributed by atoms with Crippen LogP contribution in [0.3, 0.4) is 0 Å². The minimum absolute atomic E-state index is 0.298. The van der Waals surface area contributed by atoms with Crippen LogP contribution in [0.1, 0.15) is 22.0 Å². The largest absolute Gasteiger partial charge is 0.309 e. The van der Waals surface area contributed by atoms with Gasteiger partial charge in [-0.15, -0.1) is 22.7 Å². The number of hydrogen-bond donors (Lipinski definition) is 1. The summed E-state index contributed by atoms with van der Waals surface area (Å²) in [5, 5.41) is 9.14. The van der Waals surface area contributed by atoms with Gasteiger partial charge in [0.2, 0.25) is 0 Å². The molecule has 0 fully saturated rings. The summed E-state index contributed by atoms with van der Waals surface area (Å²) in [6, 6.07) is 11.3. The van der Waals surface area contributed by atoms with Crippen LogP contribution in [0.25, 0.3) is 10.1 Å². The summed E-state index contributed by atoms with van der Waals surface area (Å²) in [5.41, 5.74) is 2.75. The fourth-order valence-electron chi connectivity index (χ4n) is 2.35. The minimum atomic E-state index is 0.298. The first-order valence-corrected chi connectivity index (χ1v) is 7.74. The molecule has 1 unspecified atom stereocenters. The first-order chi connectivity index (χ1) is 8.81. The predicted molar refractivity (Wildman–Crippen MR) is 81.8 cm³/mol. The fourth-order valence-corrected chi connectivity index (χ4v) is 4.35. The van der Waals surface area contributed by atoms with Gasteiger partial charge in [0.25, 0.3) is 0 Å². The van der Waals surface area contributed by atoms with Crippen LogP contribution in [-0.2, 0) is 0 Å². The Morgan fingerprint density at radius 2 is 1.89 bits per heavy atom. The zero-order chi connectivity index (χ0) is 12.5. The molecule has 0 spiro atoms. The van der Waals surface area contributed by atoms with Crippen LogP contribution >= 0.6 is 22.7 Å². The molecule has 1 nitrogen and oxygen atoms in total. The zero-order valence-corrected chi connectivity index (χ0v) is 12.1. The van der Waals surface area contributed by atoms with Gasteiger partial charge in [-0.05, 0) is 53.4 Å². The number of thiophene rings is 2. The molecule has 0 aliphatic rings. The highest BCUT2D eigenvalue weighted by atomic mass is 32.1. The molecular formula is C15H15NS2. The smallest absolute Gasteiger partial charge is 0.0685 e. The molecule has 0 radical (unpaired) electrons. The van der Waals surface area contributed by atoms with Gasteiger partial charge in [-0.3, -0.25) is 0 Å². The number of rotatable bonds is 3. The lowest BCUT2D eigenvalue weighted by Gasteiger charge is -2.17. The van der Waals surface area contributed by atoms with E-state index in [1.54, 1.807) is 0 Å². The van der Waals surface area contributed by atoms with Crippen LogP contribution < -0.4 is 5.32 Å². The number of hydrogen-bond acceptors (Lipinski definition) is 3. The first kappa shape index (κ1) is 11.9. The minimum Gasteiger partial charge on any atom is -0.309 e. The van der Waals surface area contributed by atoms with E-state index in [4.69, 9.17) is 0 Å². The van der Waals surface area contributed by atoms with E-state index in [1.807, 2.05) is 29.7 Å². The van der Waals surface area contributed by atoms with E-state index in [0.29, 0.717) is 6.04 Å². The maximum absolute atomic E-state index is 3.46. The Labute approximate surface area is 115 Å². The third-order valence-corrected chi connectivity index (χ3v) is 5.34. The molecule has 2 heterocycles. The second kappa shape index (κ2) is 4.84. The standard InChI is InChI=1S/C15H15NS2/c1-10-6-8-17-14(10)13(16-2)12-5-3-4-11-7-9-18-15(11)12/h3-9,13,16H,1-2H3. The van der Waals surface area contributed by atoms with Crippen molar-refractivity contribution in [1.29, 1.82) is 0 Å². The van der Waals surface area contributed by atoms with Crippen molar-refractivity contribution >= 4 is 32.8 Å². The molecule has 1 aromatic carbocycles. The van der Waals surface area contributed by atoms with Crippen molar-refractivity contribution in [1.82, 2.24) is 5.32 Å². The van der Waals surface area contributed by atoms with Crippen LogP contribution in [0, 0.1) is 6.92 Å². The van der Waals surface area contributed by atoms with Gasteiger partial charge in [0.15, 0.2) is 0 Å². The van der Waals surface area contributed by atoms with E-state index >= 15 is 0 Å². The molecule has 0 saturated carbocycles. The molecule has 0 bridgehead atoms. The van der Waals surface area contributed by atoms with E-state index in [-0.39, 0.29) is 0 Å². The molecule has 3 heteroatoms. The van der Waals surface area contributed by atoms with Gasteiger partial charge in [-0.2, -0.15) is 0 Å². The molecule has 1 atom stereocenters. The number of benzene rings is 1. The van der Waals surface area contributed by atoms with Gasteiger partial charge < -0.3 is 5.32 Å². The average Bonchev–Trinajstić information content (AvgIpc) is 3.00. The molecule has 18 heavy (non-hydrogen) atoms. The number of aryl methyl sites for hydroxylation is 1. The normalized spacial score (nSPS) is 13.0. The highest BCUT2D eigenvalue weighted by Gasteiger charge is 2.18. The molecule has 92 valence electrons. The third-order valence-electron chi connectivity index (χ3n) is 3.27. The van der Waals surface area contributed by atoms with Crippen molar-refractivity contribution < 1.29 is 0 Å². The van der Waals surface area contributed by atoms with Crippen molar-refractivity contribution in [2.45, 2.75) is 13.0 Å². The van der Waals surface area contributed by atoms with Crippen LogP contribution in [0.4, 0.5) is 0 Å². The zero-order valence-electron chi connectivity index (χ0n) is 10.4. The van der Waals surface area contributed by atoms with Crippen molar-refractivity contribution in [2.24, 2.45) is 0 Å². The summed E-state index contributed by atoms with van der Waals surface area (Å²) >= 11 is 3.66. The predicted octanol–water partition coefficient (Wildman–Crippen LogP) is 4.58. The SMILES string of the molecule is CNC(c1sccc1C)c1cccc2ccsc12. The van der Waals surface area contributed by atoms with E-state index in [2.05, 4.69) is 53.3 Å². The lowest BCUT2D eigenvalue weighted by molar-refractivity contribution is 0.706. The molecular weight excluding hydrogens is 258 g/mol. The molecule has 0 aliphatic carbocycles. The Balaban J connectivity index is 2.17. The van der Waals surface area contributed by atoms with Gasteiger partial charge >= 0.3 is 0 Å². The van der Waals surface area contributed by atoms with Gasteiger partial charge in [-0.25, -0.2) is 0 Å². The van der Waals surface area contributed by atoms with E-state index in [1.165, 1.54) is 26.1 Å². The van der Waals surface area contributed by atoms with Crippen LogP contribution in [0.15, 0.2) is 41.1 Å². The Morgan fingerprint density at radius 1 is 1.06 bits per heavy atom. The number of fused-ring (bicyclic) bond motifs is 1. The van der Waals surface area contributed by atoms with E-state index in [9.17, 15) is 0 Å². The van der Waals surface area contributed by atoms with Crippen molar-refractivity contribution in [3.63, 3.8) is 0 Å². The van der Waals surface area contributed by atoms with Crippen molar-refractivity contribution in [2.75, 3.05) is 7.05 Å². The Hall–Kier alpha value is -1.16. The second-order valence-electron chi connectivity index (χ2n) is 4.38. The summed E-state index contributed by atoms with van der Waals surface area (Å²) in [6.07, 6.45) is 0. The fraction of sp³-hybridized carbons (Fsp3) is 0.200. The molecule has 0 aliphatic heterocycles. The Kier molecular flexibility index (Phi) is 3.20. The topological polar surface area (TPSA) is 12.0 Å². The van der Waals surface area contributed by atoms with Gasteiger partial charge in [0.1, 0.15) is 0 Å². The first-order valence-electron chi connectivity index (χ1n) is 5.98. The van der Waals surface area contributed by atoms with Crippen molar-refractivity contribution in [3.05, 3.63) is 57.1 Å². The van der Waals surface area contributed by atoms with Crippen LogP contribution in [0.2, 0.25) is 0 Å². The Bertz CT molecular complexity index is 666.